The Balaban J connectivity index is 1.33. The number of furan rings is 1. The lowest BCUT2D eigenvalue weighted by molar-refractivity contribution is 0.0531. The van der Waals surface area contributed by atoms with E-state index in [0.717, 1.165) is 57.8 Å². The maximum atomic E-state index is 13.1. The number of hydrogen-bond acceptors (Lipinski definition) is 5. The number of methoxy groups -OCH3 is 1. The highest BCUT2D eigenvalue weighted by Crippen LogP contribution is 2.23. The maximum absolute atomic E-state index is 13.1. The van der Waals surface area contributed by atoms with Gasteiger partial charge in [0.15, 0.2) is 5.76 Å². The molecule has 2 fully saturated rings. The SMILES string of the molecule is COc1ccc(C(=O)N2CCC[C@H](N3CCN(c4ccc(F)cc4)CC3)C2)o1. The van der Waals surface area contributed by atoms with Gasteiger partial charge in [-0.15, -0.1) is 0 Å². The minimum atomic E-state index is -0.205. The van der Waals surface area contributed by atoms with Crippen molar-refractivity contribution in [1.29, 1.82) is 0 Å². The summed E-state index contributed by atoms with van der Waals surface area (Å²) in [5, 5.41) is 0. The van der Waals surface area contributed by atoms with Crippen molar-refractivity contribution >= 4 is 11.6 Å². The molecule has 7 heteroatoms. The molecule has 0 N–H and O–H groups in total. The van der Waals surface area contributed by atoms with E-state index in [1.54, 1.807) is 12.1 Å². The topological polar surface area (TPSA) is 49.2 Å². The number of amides is 1. The van der Waals surface area contributed by atoms with Crippen LogP contribution in [0.2, 0.25) is 0 Å². The Morgan fingerprint density at radius 2 is 1.82 bits per heavy atom. The average molecular weight is 387 g/mol. The molecule has 1 aromatic carbocycles. The maximum Gasteiger partial charge on any atom is 0.289 e. The van der Waals surface area contributed by atoms with Gasteiger partial charge in [0.1, 0.15) is 5.82 Å². The molecule has 1 atom stereocenters. The van der Waals surface area contributed by atoms with Crippen molar-refractivity contribution in [2.75, 3.05) is 51.3 Å². The van der Waals surface area contributed by atoms with Gasteiger partial charge in [-0.05, 0) is 43.2 Å². The number of piperazine rings is 1. The number of anilines is 1. The Labute approximate surface area is 164 Å². The first-order chi connectivity index (χ1) is 13.6. The zero-order chi connectivity index (χ0) is 19.5. The number of hydrogen-bond donors (Lipinski definition) is 0. The van der Waals surface area contributed by atoms with Gasteiger partial charge < -0.3 is 19.0 Å². The first kappa shape index (κ1) is 18.8. The van der Waals surface area contributed by atoms with Crippen molar-refractivity contribution in [2.24, 2.45) is 0 Å². The fourth-order valence-corrected chi connectivity index (χ4v) is 4.14. The smallest absolute Gasteiger partial charge is 0.289 e. The van der Waals surface area contributed by atoms with Crippen molar-refractivity contribution in [3.8, 4) is 5.95 Å². The van der Waals surface area contributed by atoms with E-state index in [-0.39, 0.29) is 11.7 Å². The van der Waals surface area contributed by atoms with Crippen molar-refractivity contribution in [3.63, 3.8) is 0 Å². The van der Waals surface area contributed by atoms with Crippen molar-refractivity contribution < 1.29 is 18.3 Å². The van der Waals surface area contributed by atoms with Crippen LogP contribution in [-0.4, -0.2) is 68.1 Å². The minimum absolute atomic E-state index is 0.0713. The molecule has 0 spiro atoms. The van der Waals surface area contributed by atoms with Crippen LogP contribution < -0.4 is 9.64 Å². The Hall–Kier alpha value is -2.54. The van der Waals surface area contributed by atoms with Gasteiger partial charge in [-0.2, -0.15) is 0 Å². The van der Waals surface area contributed by atoms with Crippen LogP contribution in [-0.2, 0) is 0 Å². The summed E-state index contributed by atoms with van der Waals surface area (Å²) < 4.78 is 23.6. The molecule has 4 rings (SSSR count). The van der Waals surface area contributed by atoms with E-state index in [1.807, 2.05) is 17.0 Å². The second kappa shape index (κ2) is 8.22. The van der Waals surface area contributed by atoms with E-state index >= 15 is 0 Å². The third-order valence-electron chi connectivity index (χ3n) is 5.70. The van der Waals surface area contributed by atoms with Crippen LogP contribution in [0.15, 0.2) is 40.8 Å². The number of ether oxygens (including phenoxy) is 1. The molecule has 2 aliphatic rings. The number of likely N-dealkylation sites (tertiary alicyclic amines) is 1. The molecular weight excluding hydrogens is 361 g/mol. The molecule has 1 aromatic heterocycles. The highest BCUT2D eigenvalue weighted by atomic mass is 19.1. The molecule has 2 saturated heterocycles. The number of benzene rings is 1. The molecule has 150 valence electrons. The lowest BCUT2D eigenvalue weighted by Crippen LogP contribution is -2.55. The minimum Gasteiger partial charge on any atom is -0.468 e. The monoisotopic (exact) mass is 387 g/mol. The standard InChI is InChI=1S/C21H26FN3O3/c1-27-20-9-8-19(28-20)21(26)25-10-2-3-18(15-25)24-13-11-23(12-14-24)17-6-4-16(22)5-7-17/h4-9,18H,2-3,10-15H2,1H3/t18-/m0/s1. The molecule has 3 heterocycles. The summed E-state index contributed by atoms with van der Waals surface area (Å²) in [4.78, 5) is 19.4. The van der Waals surface area contributed by atoms with Crippen LogP contribution >= 0.6 is 0 Å². The van der Waals surface area contributed by atoms with Crippen LogP contribution in [0, 0.1) is 5.82 Å². The Kier molecular flexibility index (Phi) is 5.52. The Bertz CT molecular complexity index is 799. The molecule has 28 heavy (non-hydrogen) atoms. The average Bonchev–Trinajstić information content (AvgIpc) is 3.23. The summed E-state index contributed by atoms with van der Waals surface area (Å²) in [6.07, 6.45) is 2.09. The van der Waals surface area contributed by atoms with Crippen LogP contribution in [0.5, 0.6) is 5.95 Å². The summed E-state index contributed by atoms with van der Waals surface area (Å²) >= 11 is 0. The molecule has 2 aromatic rings. The number of carbonyl (C=O) groups excluding carboxylic acids is 1. The molecule has 0 aliphatic carbocycles. The number of halogens is 1. The largest absolute Gasteiger partial charge is 0.468 e. The summed E-state index contributed by atoms with van der Waals surface area (Å²) in [6.45, 7) is 5.18. The van der Waals surface area contributed by atoms with Gasteiger partial charge in [-0.25, -0.2) is 4.39 Å². The number of nitrogens with zero attached hydrogens (tertiary/aromatic N) is 3. The van der Waals surface area contributed by atoms with Gasteiger partial charge in [-0.3, -0.25) is 9.69 Å². The first-order valence-electron chi connectivity index (χ1n) is 9.82. The van der Waals surface area contributed by atoms with E-state index in [9.17, 15) is 9.18 Å². The van der Waals surface area contributed by atoms with Gasteiger partial charge in [0, 0.05) is 57.1 Å². The van der Waals surface area contributed by atoms with Crippen LogP contribution in [0.3, 0.4) is 0 Å². The summed E-state index contributed by atoms with van der Waals surface area (Å²) in [5.74, 6) is 0.411. The summed E-state index contributed by atoms with van der Waals surface area (Å²) in [7, 11) is 1.52. The number of carbonyl (C=O) groups is 1. The second-order valence-electron chi connectivity index (χ2n) is 7.37. The third-order valence-corrected chi connectivity index (χ3v) is 5.70. The predicted octanol–water partition coefficient (Wildman–Crippen LogP) is 2.85. The van der Waals surface area contributed by atoms with Crippen LogP contribution in [0.25, 0.3) is 0 Å². The van der Waals surface area contributed by atoms with E-state index in [4.69, 9.17) is 9.15 Å². The zero-order valence-corrected chi connectivity index (χ0v) is 16.1. The molecule has 0 unspecified atom stereocenters. The predicted molar refractivity (Wildman–Crippen MR) is 104 cm³/mol. The van der Waals surface area contributed by atoms with E-state index in [2.05, 4.69) is 9.80 Å². The third kappa shape index (κ3) is 3.99. The molecule has 1 amide bonds. The number of piperidine rings is 1. The van der Waals surface area contributed by atoms with Gasteiger partial charge in [0.25, 0.3) is 11.9 Å². The van der Waals surface area contributed by atoms with Gasteiger partial charge in [-0.1, -0.05) is 0 Å². The van der Waals surface area contributed by atoms with Gasteiger partial charge >= 0.3 is 0 Å². The second-order valence-corrected chi connectivity index (χ2v) is 7.37. The van der Waals surface area contributed by atoms with Crippen LogP contribution in [0.1, 0.15) is 23.4 Å². The van der Waals surface area contributed by atoms with Gasteiger partial charge in [0.05, 0.1) is 7.11 Å². The summed E-state index contributed by atoms with van der Waals surface area (Å²) in [6, 6.07) is 10.4. The van der Waals surface area contributed by atoms with Gasteiger partial charge in [0.2, 0.25) is 0 Å². The highest BCUT2D eigenvalue weighted by molar-refractivity contribution is 5.91. The lowest BCUT2D eigenvalue weighted by atomic mass is 10.0. The molecule has 0 radical (unpaired) electrons. The summed E-state index contributed by atoms with van der Waals surface area (Å²) in [5.41, 5.74) is 1.06. The molecule has 2 aliphatic heterocycles. The molecular formula is C21H26FN3O3. The zero-order valence-electron chi connectivity index (χ0n) is 16.1. The highest BCUT2D eigenvalue weighted by Gasteiger charge is 2.31. The normalized spacial score (nSPS) is 21.0. The Morgan fingerprint density at radius 3 is 2.50 bits per heavy atom. The fraction of sp³-hybridized carbons (Fsp3) is 0.476. The number of rotatable bonds is 4. The fourth-order valence-electron chi connectivity index (χ4n) is 4.14. The molecule has 0 bridgehead atoms. The van der Waals surface area contributed by atoms with E-state index < -0.39 is 0 Å². The molecule has 0 saturated carbocycles. The quantitative estimate of drug-likeness (QED) is 0.808. The first-order valence-corrected chi connectivity index (χ1v) is 9.82. The van der Waals surface area contributed by atoms with Crippen molar-refractivity contribution in [3.05, 3.63) is 48.0 Å². The molecule has 6 nitrogen and oxygen atoms in total. The van der Waals surface area contributed by atoms with Crippen molar-refractivity contribution in [2.45, 2.75) is 18.9 Å². The van der Waals surface area contributed by atoms with E-state index in [0.29, 0.717) is 17.7 Å². The lowest BCUT2D eigenvalue weighted by Gasteiger charge is -2.43. The van der Waals surface area contributed by atoms with Crippen molar-refractivity contribution in [1.82, 2.24) is 9.80 Å². The van der Waals surface area contributed by atoms with E-state index in [1.165, 1.54) is 19.2 Å². The Morgan fingerprint density at radius 1 is 1.07 bits per heavy atom. The van der Waals surface area contributed by atoms with Crippen LogP contribution in [0.4, 0.5) is 10.1 Å².